The molecule has 3 aromatic carbocycles. The molecule has 0 saturated carbocycles. The third kappa shape index (κ3) is 7.45. The zero-order valence-corrected chi connectivity index (χ0v) is 26.6. The van der Waals surface area contributed by atoms with Gasteiger partial charge in [0, 0.05) is 5.92 Å². The summed E-state index contributed by atoms with van der Waals surface area (Å²) >= 11 is 0. The van der Waals surface area contributed by atoms with E-state index in [1.54, 1.807) is 38.1 Å². The summed E-state index contributed by atoms with van der Waals surface area (Å²) in [5.74, 6) is -5.75. The molecule has 1 heterocycles. The van der Waals surface area contributed by atoms with Gasteiger partial charge < -0.3 is 15.3 Å². The second-order valence-corrected chi connectivity index (χ2v) is 12.7. The highest BCUT2D eigenvalue weighted by Gasteiger charge is 2.56. The van der Waals surface area contributed by atoms with E-state index in [9.17, 15) is 51.3 Å². The van der Waals surface area contributed by atoms with Gasteiger partial charge in [-0.2, -0.15) is 26.3 Å². The lowest BCUT2D eigenvalue weighted by Crippen LogP contribution is -2.40. The van der Waals surface area contributed by atoms with Crippen molar-refractivity contribution in [3.8, 4) is 5.75 Å². The Hall–Kier alpha value is -4.42. The quantitative estimate of drug-likeness (QED) is 0.0921. The number of benzene rings is 3. The highest BCUT2D eigenvalue weighted by Crippen LogP contribution is 2.50. The van der Waals surface area contributed by atoms with Crippen molar-refractivity contribution in [1.29, 1.82) is 0 Å². The molecule has 49 heavy (non-hydrogen) atoms. The molecule has 0 bridgehead atoms. The Morgan fingerprint density at radius 1 is 0.898 bits per heavy atom. The molecule has 260 valence electrons. The Labute approximate surface area is 279 Å². The topological polar surface area (TPSA) is 98.1 Å². The number of anilines is 1. The molecule has 3 N–H and O–H groups in total. The minimum atomic E-state index is -5.19. The zero-order valence-electron chi connectivity index (χ0n) is 26.6. The number of amides is 2. The SMILES string of the molecule is CC(C)C1=C([C@H](O)CC/C(=C/c2ccc(O)cc2)c2ccccc2)[C@H](CO)[C@@H]2C(=O)N(c3cc(C(F)(F)F)cc(C(F)(F)F)c3)C(=O)[C@@H]2C1. The number of carbonyl (C=O) groups is 2. The van der Waals surface area contributed by atoms with E-state index in [-0.39, 0.29) is 30.6 Å². The monoisotopic (exact) mass is 687 g/mol. The fraction of sp³-hybridized carbons (Fsp3) is 0.351. The molecule has 1 aliphatic carbocycles. The van der Waals surface area contributed by atoms with Crippen molar-refractivity contribution in [2.24, 2.45) is 23.7 Å². The van der Waals surface area contributed by atoms with Crippen LogP contribution < -0.4 is 4.90 Å². The molecule has 1 aliphatic heterocycles. The summed E-state index contributed by atoms with van der Waals surface area (Å²) in [6.07, 6.45) is -9.29. The van der Waals surface area contributed by atoms with Crippen LogP contribution in [0.5, 0.6) is 5.75 Å². The maximum Gasteiger partial charge on any atom is 0.416 e. The summed E-state index contributed by atoms with van der Waals surface area (Å²) in [6.45, 7) is 2.92. The van der Waals surface area contributed by atoms with Crippen LogP contribution in [0.1, 0.15) is 55.4 Å². The van der Waals surface area contributed by atoms with Crippen molar-refractivity contribution < 1.29 is 51.3 Å². The van der Waals surface area contributed by atoms with Crippen molar-refractivity contribution in [3.63, 3.8) is 0 Å². The predicted molar refractivity (Wildman–Crippen MR) is 171 cm³/mol. The number of alkyl halides is 6. The van der Waals surface area contributed by atoms with Crippen LogP contribution >= 0.6 is 0 Å². The standard InChI is InChI=1S/C37H35F6NO5/c1-20(2)28-18-29-33(35(49)44(34(29)48)26-16-24(36(38,39)40)15-25(17-26)37(41,42)43)30(19-45)32(28)31(47)13-10-23(22-6-4-3-5-7-22)14-21-8-11-27(46)12-9-21/h3-9,11-12,14-17,20,29-31,33,45-47H,10,13,18-19H2,1-2H3/b23-14-/t29-,30+,31-,33-/m1/s1. The number of phenols is 1. The number of phenolic OH excluding ortho intramolecular Hbond substituents is 1. The van der Waals surface area contributed by atoms with Gasteiger partial charge in [0.05, 0.1) is 41.4 Å². The molecule has 2 aliphatic rings. The van der Waals surface area contributed by atoms with Gasteiger partial charge in [-0.1, -0.05) is 68.0 Å². The Morgan fingerprint density at radius 2 is 1.49 bits per heavy atom. The van der Waals surface area contributed by atoms with Gasteiger partial charge in [0.1, 0.15) is 5.75 Å². The first kappa shape index (κ1) is 35.9. The maximum atomic E-state index is 13.9. The Bertz CT molecular complexity index is 1730. The molecule has 6 nitrogen and oxygen atoms in total. The molecular weight excluding hydrogens is 652 g/mol. The lowest BCUT2D eigenvalue weighted by molar-refractivity contribution is -0.143. The minimum absolute atomic E-state index is 0.0632. The van der Waals surface area contributed by atoms with Gasteiger partial charge in [-0.3, -0.25) is 9.59 Å². The molecule has 0 radical (unpaired) electrons. The second-order valence-electron chi connectivity index (χ2n) is 12.7. The number of fused-ring (bicyclic) bond motifs is 1. The van der Waals surface area contributed by atoms with Crippen molar-refractivity contribution in [2.75, 3.05) is 11.5 Å². The molecule has 0 aromatic heterocycles. The van der Waals surface area contributed by atoms with E-state index in [1.165, 1.54) is 0 Å². The number of hydrogen-bond donors (Lipinski definition) is 3. The van der Waals surface area contributed by atoms with Crippen LogP contribution in [-0.4, -0.2) is 39.8 Å². The molecule has 3 aromatic rings. The molecule has 4 atom stereocenters. The Balaban J connectivity index is 1.49. The van der Waals surface area contributed by atoms with Crippen molar-refractivity contribution >= 4 is 29.2 Å². The first-order valence-electron chi connectivity index (χ1n) is 15.7. The number of rotatable bonds is 9. The molecule has 1 fully saturated rings. The van der Waals surface area contributed by atoms with E-state index in [0.29, 0.717) is 34.6 Å². The van der Waals surface area contributed by atoms with Gasteiger partial charge in [-0.25, -0.2) is 4.90 Å². The van der Waals surface area contributed by atoms with E-state index in [1.807, 2.05) is 36.4 Å². The number of aliphatic hydroxyl groups is 2. The van der Waals surface area contributed by atoms with Crippen LogP contribution in [0.2, 0.25) is 0 Å². The van der Waals surface area contributed by atoms with E-state index >= 15 is 0 Å². The van der Waals surface area contributed by atoms with Crippen LogP contribution in [0.25, 0.3) is 11.6 Å². The Morgan fingerprint density at radius 3 is 2.02 bits per heavy atom. The van der Waals surface area contributed by atoms with E-state index < -0.39 is 71.4 Å². The number of imide groups is 1. The molecule has 12 heteroatoms. The van der Waals surface area contributed by atoms with Crippen LogP contribution in [0, 0.1) is 23.7 Å². The number of aromatic hydroxyl groups is 1. The van der Waals surface area contributed by atoms with Crippen molar-refractivity contribution in [3.05, 3.63) is 106 Å². The fourth-order valence-corrected chi connectivity index (χ4v) is 6.94. The minimum Gasteiger partial charge on any atom is -0.508 e. The number of hydrogen-bond acceptors (Lipinski definition) is 5. The third-order valence-corrected chi connectivity index (χ3v) is 9.27. The highest BCUT2D eigenvalue weighted by molar-refractivity contribution is 6.22. The predicted octanol–water partition coefficient (Wildman–Crippen LogP) is 7.88. The zero-order chi connectivity index (χ0) is 35.8. The fourth-order valence-electron chi connectivity index (χ4n) is 6.94. The number of nitrogens with zero attached hydrogens (tertiary/aromatic N) is 1. The van der Waals surface area contributed by atoms with Gasteiger partial charge in [0.25, 0.3) is 0 Å². The van der Waals surface area contributed by atoms with E-state index in [2.05, 4.69) is 0 Å². The van der Waals surface area contributed by atoms with Crippen LogP contribution in [0.15, 0.2) is 83.9 Å². The largest absolute Gasteiger partial charge is 0.508 e. The lowest BCUT2D eigenvalue weighted by Gasteiger charge is -2.38. The van der Waals surface area contributed by atoms with Crippen molar-refractivity contribution in [1.82, 2.24) is 0 Å². The van der Waals surface area contributed by atoms with E-state index in [4.69, 9.17) is 0 Å². The molecule has 0 unspecified atom stereocenters. The summed E-state index contributed by atoms with van der Waals surface area (Å²) in [4.78, 5) is 27.9. The smallest absolute Gasteiger partial charge is 0.416 e. The van der Waals surface area contributed by atoms with E-state index in [0.717, 1.165) is 16.7 Å². The highest BCUT2D eigenvalue weighted by atomic mass is 19.4. The Kier molecular flexibility index (Phi) is 10.1. The van der Waals surface area contributed by atoms with Crippen molar-refractivity contribution in [2.45, 2.75) is 51.6 Å². The number of aliphatic hydroxyl groups excluding tert-OH is 2. The molecular formula is C37H35F6NO5. The van der Waals surface area contributed by atoms with Gasteiger partial charge in [0.15, 0.2) is 0 Å². The van der Waals surface area contributed by atoms with Crippen LogP contribution in [-0.2, 0) is 21.9 Å². The van der Waals surface area contributed by atoms with Crippen LogP contribution in [0.3, 0.4) is 0 Å². The van der Waals surface area contributed by atoms with Gasteiger partial charge in [0.2, 0.25) is 11.8 Å². The maximum absolute atomic E-state index is 13.9. The molecule has 5 rings (SSSR count). The average Bonchev–Trinajstić information content (AvgIpc) is 3.30. The normalized spacial score (nSPS) is 21.1. The van der Waals surface area contributed by atoms with Gasteiger partial charge in [-0.05, 0) is 77.8 Å². The molecule has 2 amide bonds. The summed E-state index contributed by atoms with van der Waals surface area (Å²) < 4.78 is 81.9. The second kappa shape index (κ2) is 13.8. The summed E-state index contributed by atoms with van der Waals surface area (Å²) in [6, 6.07) is 16.5. The number of carbonyl (C=O) groups excluding carboxylic acids is 2. The summed E-state index contributed by atoms with van der Waals surface area (Å²) in [7, 11) is 0. The molecule has 1 saturated heterocycles. The third-order valence-electron chi connectivity index (χ3n) is 9.27. The average molecular weight is 688 g/mol. The number of halogens is 6. The lowest BCUT2D eigenvalue weighted by atomic mass is 9.66. The number of allylic oxidation sites excluding steroid dienone is 2. The first-order valence-corrected chi connectivity index (χ1v) is 15.7. The van der Waals surface area contributed by atoms with Gasteiger partial charge in [-0.15, -0.1) is 0 Å². The van der Waals surface area contributed by atoms with Crippen LogP contribution in [0.4, 0.5) is 32.0 Å². The molecule has 0 spiro atoms. The first-order chi connectivity index (χ1) is 23.0. The summed E-state index contributed by atoms with van der Waals surface area (Å²) in [5, 5.41) is 32.0. The summed E-state index contributed by atoms with van der Waals surface area (Å²) in [5.41, 5.74) is -0.747. The van der Waals surface area contributed by atoms with Gasteiger partial charge >= 0.3 is 12.4 Å².